The summed E-state index contributed by atoms with van der Waals surface area (Å²) in [6.45, 7) is 1.58. The zero-order valence-electron chi connectivity index (χ0n) is 12.2. The number of amides is 1. The first-order chi connectivity index (χ1) is 10.1. The maximum Gasteiger partial charge on any atom is 0.303 e. The van der Waals surface area contributed by atoms with Crippen molar-refractivity contribution in [3.63, 3.8) is 0 Å². The standard InChI is InChI=1S/C16H22N2O3/c19-15(4-1-5-16(20)21)18-9-6-13(7-10-18)11-14-3-2-8-17-12-14/h2-3,8,12-13H,1,4-7,9-11H2,(H,20,21). The van der Waals surface area contributed by atoms with Crippen molar-refractivity contribution in [3.05, 3.63) is 30.1 Å². The molecule has 1 amide bonds. The van der Waals surface area contributed by atoms with Crippen molar-refractivity contribution in [2.75, 3.05) is 13.1 Å². The Morgan fingerprint density at radius 2 is 2.05 bits per heavy atom. The van der Waals surface area contributed by atoms with Crippen LogP contribution in [0.25, 0.3) is 0 Å². The van der Waals surface area contributed by atoms with Gasteiger partial charge in [-0.3, -0.25) is 14.6 Å². The minimum atomic E-state index is -0.835. The fourth-order valence-electron chi connectivity index (χ4n) is 2.79. The molecular formula is C16H22N2O3. The number of hydrogen-bond acceptors (Lipinski definition) is 3. The molecule has 21 heavy (non-hydrogen) atoms. The van der Waals surface area contributed by atoms with E-state index in [1.165, 1.54) is 5.56 Å². The van der Waals surface area contributed by atoms with E-state index in [2.05, 4.69) is 11.1 Å². The molecule has 114 valence electrons. The molecule has 2 heterocycles. The number of rotatable bonds is 6. The molecule has 1 aromatic rings. The van der Waals surface area contributed by atoms with Gasteiger partial charge in [-0.25, -0.2) is 0 Å². The summed E-state index contributed by atoms with van der Waals surface area (Å²) >= 11 is 0. The van der Waals surface area contributed by atoms with Crippen LogP contribution in [0.3, 0.4) is 0 Å². The van der Waals surface area contributed by atoms with E-state index in [9.17, 15) is 9.59 Å². The molecule has 1 aliphatic heterocycles. The Morgan fingerprint density at radius 3 is 2.67 bits per heavy atom. The van der Waals surface area contributed by atoms with Gasteiger partial charge in [0.05, 0.1) is 0 Å². The number of carbonyl (C=O) groups is 2. The molecule has 1 fully saturated rings. The first kappa shape index (κ1) is 15.5. The molecule has 0 unspecified atom stereocenters. The van der Waals surface area contributed by atoms with Gasteiger partial charge in [-0.15, -0.1) is 0 Å². The van der Waals surface area contributed by atoms with E-state index >= 15 is 0 Å². The minimum Gasteiger partial charge on any atom is -0.481 e. The zero-order chi connectivity index (χ0) is 15.1. The zero-order valence-corrected chi connectivity index (χ0v) is 12.2. The van der Waals surface area contributed by atoms with Gasteiger partial charge in [-0.05, 0) is 43.2 Å². The van der Waals surface area contributed by atoms with Crippen molar-refractivity contribution in [2.45, 2.75) is 38.5 Å². The van der Waals surface area contributed by atoms with Crippen molar-refractivity contribution in [1.82, 2.24) is 9.88 Å². The predicted molar refractivity (Wildman–Crippen MR) is 78.7 cm³/mol. The van der Waals surface area contributed by atoms with Crippen LogP contribution in [-0.4, -0.2) is 40.0 Å². The monoisotopic (exact) mass is 290 g/mol. The number of carboxylic acids is 1. The highest BCUT2D eigenvalue weighted by Gasteiger charge is 2.22. The van der Waals surface area contributed by atoms with Crippen LogP contribution in [0.2, 0.25) is 0 Å². The number of aromatic nitrogens is 1. The molecule has 1 aromatic heterocycles. The first-order valence-electron chi connectivity index (χ1n) is 7.53. The van der Waals surface area contributed by atoms with Gasteiger partial charge < -0.3 is 10.0 Å². The highest BCUT2D eigenvalue weighted by atomic mass is 16.4. The van der Waals surface area contributed by atoms with Crippen molar-refractivity contribution in [1.29, 1.82) is 0 Å². The summed E-state index contributed by atoms with van der Waals surface area (Å²) < 4.78 is 0. The van der Waals surface area contributed by atoms with Crippen molar-refractivity contribution in [3.8, 4) is 0 Å². The largest absolute Gasteiger partial charge is 0.481 e. The van der Waals surface area contributed by atoms with Gasteiger partial charge in [0.25, 0.3) is 0 Å². The summed E-state index contributed by atoms with van der Waals surface area (Å²) in [4.78, 5) is 28.4. The molecule has 0 aliphatic carbocycles. The number of aliphatic carboxylic acids is 1. The Balaban J connectivity index is 1.70. The van der Waals surface area contributed by atoms with Crippen LogP contribution in [0.5, 0.6) is 0 Å². The molecule has 1 saturated heterocycles. The van der Waals surface area contributed by atoms with E-state index in [4.69, 9.17) is 5.11 Å². The van der Waals surface area contributed by atoms with Crippen molar-refractivity contribution < 1.29 is 14.7 Å². The summed E-state index contributed by atoms with van der Waals surface area (Å²) in [6, 6.07) is 4.05. The smallest absolute Gasteiger partial charge is 0.303 e. The molecule has 1 aliphatic rings. The second kappa shape index (κ2) is 7.76. The fraction of sp³-hybridized carbons (Fsp3) is 0.562. The average molecular weight is 290 g/mol. The topological polar surface area (TPSA) is 70.5 Å². The lowest BCUT2D eigenvalue weighted by atomic mass is 9.90. The molecule has 0 aromatic carbocycles. The molecular weight excluding hydrogens is 268 g/mol. The van der Waals surface area contributed by atoms with Crippen LogP contribution >= 0.6 is 0 Å². The van der Waals surface area contributed by atoms with Crippen LogP contribution < -0.4 is 0 Å². The number of pyridine rings is 1. The predicted octanol–water partition coefficient (Wildman–Crippen LogP) is 2.12. The van der Waals surface area contributed by atoms with E-state index in [0.717, 1.165) is 32.4 Å². The SMILES string of the molecule is O=C(O)CCCC(=O)N1CCC(Cc2cccnc2)CC1. The lowest BCUT2D eigenvalue weighted by molar-refractivity contribution is -0.137. The summed E-state index contributed by atoms with van der Waals surface area (Å²) in [5, 5.41) is 8.58. The molecule has 0 spiro atoms. The third kappa shape index (κ3) is 5.17. The normalized spacial score (nSPS) is 15.9. The third-order valence-electron chi connectivity index (χ3n) is 4.00. The second-order valence-electron chi connectivity index (χ2n) is 5.64. The Bertz CT molecular complexity index is 468. The average Bonchev–Trinajstić information content (AvgIpc) is 2.48. The maximum atomic E-state index is 12.0. The van der Waals surface area contributed by atoms with Gasteiger partial charge in [-0.2, -0.15) is 0 Å². The number of hydrogen-bond donors (Lipinski definition) is 1. The van der Waals surface area contributed by atoms with Crippen LogP contribution in [0, 0.1) is 5.92 Å². The Labute approximate surface area is 125 Å². The van der Waals surface area contributed by atoms with Crippen LogP contribution in [0.4, 0.5) is 0 Å². The summed E-state index contributed by atoms with van der Waals surface area (Å²) in [5.74, 6) is -0.133. The number of piperidine rings is 1. The lowest BCUT2D eigenvalue weighted by Crippen LogP contribution is -2.38. The van der Waals surface area contributed by atoms with Gasteiger partial charge >= 0.3 is 5.97 Å². The minimum absolute atomic E-state index is 0.0726. The van der Waals surface area contributed by atoms with Crippen molar-refractivity contribution >= 4 is 11.9 Å². The van der Waals surface area contributed by atoms with E-state index in [0.29, 0.717) is 18.8 Å². The van der Waals surface area contributed by atoms with Crippen LogP contribution in [0.1, 0.15) is 37.7 Å². The Morgan fingerprint density at radius 1 is 1.29 bits per heavy atom. The highest BCUT2D eigenvalue weighted by Crippen LogP contribution is 2.22. The highest BCUT2D eigenvalue weighted by molar-refractivity contribution is 5.77. The third-order valence-corrected chi connectivity index (χ3v) is 4.00. The Hall–Kier alpha value is -1.91. The van der Waals surface area contributed by atoms with E-state index in [1.54, 1.807) is 6.20 Å². The lowest BCUT2D eigenvalue weighted by Gasteiger charge is -2.32. The fourth-order valence-corrected chi connectivity index (χ4v) is 2.79. The second-order valence-corrected chi connectivity index (χ2v) is 5.64. The number of likely N-dealkylation sites (tertiary alicyclic amines) is 1. The van der Waals surface area contributed by atoms with E-state index in [-0.39, 0.29) is 12.3 Å². The Kier molecular flexibility index (Phi) is 5.72. The number of carboxylic acid groups (broad SMARTS) is 1. The quantitative estimate of drug-likeness (QED) is 0.871. The molecule has 0 atom stereocenters. The molecule has 5 nitrogen and oxygen atoms in total. The van der Waals surface area contributed by atoms with Gasteiger partial charge in [0.2, 0.25) is 5.91 Å². The van der Waals surface area contributed by atoms with Gasteiger partial charge in [-0.1, -0.05) is 6.07 Å². The molecule has 0 radical (unpaired) electrons. The van der Waals surface area contributed by atoms with E-state index in [1.807, 2.05) is 17.2 Å². The first-order valence-corrected chi connectivity index (χ1v) is 7.53. The summed E-state index contributed by atoms with van der Waals surface area (Å²) in [5.41, 5.74) is 1.25. The molecule has 0 saturated carbocycles. The molecule has 2 rings (SSSR count). The van der Waals surface area contributed by atoms with E-state index < -0.39 is 5.97 Å². The van der Waals surface area contributed by atoms with Gasteiger partial charge in [0.1, 0.15) is 0 Å². The maximum absolute atomic E-state index is 12.0. The number of carbonyl (C=O) groups excluding carboxylic acids is 1. The summed E-state index contributed by atoms with van der Waals surface area (Å²) in [7, 11) is 0. The summed E-state index contributed by atoms with van der Waals surface area (Å²) in [6.07, 6.45) is 7.59. The molecule has 5 heteroatoms. The van der Waals surface area contributed by atoms with Crippen molar-refractivity contribution in [2.24, 2.45) is 5.92 Å². The van der Waals surface area contributed by atoms with Crippen LogP contribution in [0.15, 0.2) is 24.5 Å². The van der Waals surface area contributed by atoms with Gasteiger partial charge in [0, 0.05) is 38.3 Å². The molecule has 1 N–H and O–H groups in total. The van der Waals surface area contributed by atoms with Crippen LogP contribution in [-0.2, 0) is 16.0 Å². The molecule has 0 bridgehead atoms. The number of nitrogens with zero attached hydrogens (tertiary/aromatic N) is 2. The van der Waals surface area contributed by atoms with Gasteiger partial charge in [0.15, 0.2) is 0 Å².